The van der Waals surface area contributed by atoms with E-state index in [1.165, 1.54) is 24.3 Å². The van der Waals surface area contributed by atoms with Crippen LogP contribution in [0.2, 0.25) is 5.02 Å². The fraction of sp³-hybridized carbons (Fsp3) is 0.184. The molecule has 0 spiro atoms. The Bertz CT molecular complexity index is 1910. The molecule has 5 aromatic carbocycles. The molecule has 6 nitrogen and oxygen atoms in total. The second-order valence-corrected chi connectivity index (χ2v) is 13.5. The lowest BCUT2D eigenvalue weighted by molar-refractivity contribution is -0.130. The van der Waals surface area contributed by atoms with Crippen molar-refractivity contribution >= 4 is 33.2 Å². The average molecular weight is 689 g/mol. The molecule has 0 saturated carbocycles. The molecule has 5 rings (SSSR count). The van der Waals surface area contributed by atoms with Gasteiger partial charge in [-0.15, -0.1) is 0 Å². The summed E-state index contributed by atoms with van der Waals surface area (Å²) in [5.74, 6) is -1.84. The maximum Gasteiger partial charge on any atom is 0.264 e. The highest BCUT2D eigenvalue weighted by molar-refractivity contribution is 7.92. The zero-order chi connectivity index (χ0) is 34.3. The van der Waals surface area contributed by atoms with Gasteiger partial charge in [0.1, 0.15) is 17.4 Å². The lowest BCUT2D eigenvalue weighted by atomic mass is 9.90. The number of para-hydroxylation sites is 1. The number of carbonyl (C=O) groups excluding carboxylic acids is 1. The van der Waals surface area contributed by atoms with Crippen LogP contribution in [0.25, 0.3) is 0 Å². The van der Waals surface area contributed by atoms with Gasteiger partial charge >= 0.3 is 0 Å². The molecule has 1 unspecified atom stereocenters. The summed E-state index contributed by atoms with van der Waals surface area (Å²) in [5, 5.41) is 0.326. The van der Waals surface area contributed by atoms with E-state index < -0.39 is 39.3 Å². The molecule has 0 aliphatic carbocycles. The van der Waals surface area contributed by atoms with Gasteiger partial charge in [0.05, 0.1) is 29.1 Å². The number of likely N-dealkylation sites (N-methyl/N-ethyl adjacent to an activating group) is 1. The lowest BCUT2D eigenvalue weighted by Crippen LogP contribution is -2.35. The van der Waals surface area contributed by atoms with Crippen LogP contribution < -0.4 is 9.04 Å². The van der Waals surface area contributed by atoms with Crippen LogP contribution in [0, 0.1) is 11.6 Å². The van der Waals surface area contributed by atoms with E-state index in [9.17, 15) is 17.6 Å². The van der Waals surface area contributed by atoms with E-state index in [0.29, 0.717) is 29.3 Å². The number of anilines is 1. The molecule has 0 radical (unpaired) electrons. The molecule has 0 saturated heterocycles. The van der Waals surface area contributed by atoms with Crippen molar-refractivity contribution in [3.63, 3.8) is 0 Å². The minimum Gasteiger partial charge on any atom is -0.493 e. The first-order chi connectivity index (χ1) is 23.1. The number of sulfonamides is 1. The van der Waals surface area contributed by atoms with Gasteiger partial charge in [0.25, 0.3) is 10.0 Å². The summed E-state index contributed by atoms with van der Waals surface area (Å²) in [4.78, 5) is 15.2. The van der Waals surface area contributed by atoms with Crippen molar-refractivity contribution in [2.24, 2.45) is 0 Å². The van der Waals surface area contributed by atoms with Gasteiger partial charge in [0.2, 0.25) is 5.91 Å². The van der Waals surface area contributed by atoms with Crippen LogP contribution in [0.1, 0.15) is 42.0 Å². The van der Waals surface area contributed by atoms with Crippen LogP contribution in [-0.2, 0) is 14.8 Å². The monoisotopic (exact) mass is 688 g/mol. The Morgan fingerprint density at radius 2 is 1.40 bits per heavy atom. The van der Waals surface area contributed by atoms with Crippen molar-refractivity contribution in [3.8, 4) is 5.75 Å². The summed E-state index contributed by atoms with van der Waals surface area (Å²) < 4.78 is 64.6. The number of ether oxygens (including phenoxy) is 1. The van der Waals surface area contributed by atoms with E-state index in [4.69, 9.17) is 16.3 Å². The fourth-order valence-electron chi connectivity index (χ4n) is 5.59. The molecule has 0 aliphatic heterocycles. The van der Waals surface area contributed by atoms with Crippen molar-refractivity contribution in [3.05, 3.63) is 161 Å². The van der Waals surface area contributed by atoms with E-state index >= 15 is 4.39 Å². The SMILES string of the molecule is CC(c1ccccc1OCCCN(C)C(=O)C(c1ccccc1)c1ccccc1)N(c1cc(F)ccc1F)S(=O)(=O)c1ccc(Cl)cc1. The van der Waals surface area contributed by atoms with Crippen LogP contribution in [-0.4, -0.2) is 39.4 Å². The van der Waals surface area contributed by atoms with Crippen LogP contribution in [0.3, 0.4) is 0 Å². The molecular formula is C38H35ClF2N2O4S. The Labute approximate surface area is 285 Å². The van der Waals surface area contributed by atoms with Crippen LogP contribution in [0.15, 0.2) is 132 Å². The Hall–Kier alpha value is -4.73. The summed E-state index contributed by atoms with van der Waals surface area (Å²) in [6.45, 7) is 2.19. The zero-order valence-corrected chi connectivity index (χ0v) is 28.0. The van der Waals surface area contributed by atoms with Gasteiger partial charge in [0.15, 0.2) is 0 Å². The molecule has 248 valence electrons. The Kier molecular flexibility index (Phi) is 11.1. The van der Waals surface area contributed by atoms with Crippen LogP contribution in [0.4, 0.5) is 14.5 Å². The molecule has 0 heterocycles. The predicted octanol–water partition coefficient (Wildman–Crippen LogP) is 8.63. The number of amides is 1. The summed E-state index contributed by atoms with van der Waals surface area (Å²) in [7, 11) is -2.65. The topological polar surface area (TPSA) is 66.9 Å². The molecule has 1 amide bonds. The maximum atomic E-state index is 15.2. The molecular weight excluding hydrogens is 654 g/mol. The van der Waals surface area contributed by atoms with Gasteiger partial charge in [-0.05, 0) is 66.9 Å². The molecule has 48 heavy (non-hydrogen) atoms. The fourth-order valence-corrected chi connectivity index (χ4v) is 7.35. The highest BCUT2D eigenvalue weighted by Gasteiger charge is 2.34. The van der Waals surface area contributed by atoms with Gasteiger partial charge in [-0.25, -0.2) is 17.2 Å². The van der Waals surface area contributed by atoms with Crippen molar-refractivity contribution < 1.29 is 26.7 Å². The first kappa shape index (κ1) is 34.6. The van der Waals surface area contributed by atoms with E-state index in [0.717, 1.165) is 33.6 Å². The second kappa shape index (κ2) is 15.4. The standard InChI is InChI=1S/C38H35ClF2N2O4S/c1-27(43(35-26-31(40)20-23-34(35)41)48(45,46)32-21-18-30(39)19-22-32)33-16-9-10-17-36(33)47-25-11-24-42(2)38(44)37(28-12-5-3-6-13-28)29-14-7-4-8-15-29/h3-10,12-23,26-27,37H,11,24-25H2,1-2H3. The zero-order valence-electron chi connectivity index (χ0n) is 26.5. The quantitative estimate of drug-likeness (QED) is 0.116. The number of hydrogen-bond donors (Lipinski definition) is 0. The summed E-state index contributed by atoms with van der Waals surface area (Å²) in [5.41, 5.74) is 1.79. The van der Waals surface area contributed by atoms with Gasteiger partial charge in [-0.2, -0.15) is 0 Å². The molecule has 1 atom stereocenters. The summed E-state index contributed by atoms with van der Waals surface area (Å²) >= 11 is 6.00. The molecule has 0 aromatic heterocycles. The number of halogens is 3. The largest absolute Gasteiger partial charge is 0.493 e. The third-order valence-corrected chi connectivity index (χ3v) is 10.2. The van der Waals surface area contributed by atoms with Gasteiger partial charge in [-0.3, -0.25) is 9.10 Å². The number of carbonyl (C=O) groups is 1. The van der Waals surface area contributed by atoms with E-state index in [1.807, 2.05) is 60.7 Å². The highest BCUT2D eigenvalue weighted by atomic mass is 35.5. The van der Waals surface area contributed by atoms with Crippen molar-refractivity contribution in [1.82, 2.24) is 4.90 Å². The summed E-state index contributed by atoms with van der Waals surface area (Å²) in [6.07, 6.45) is 0.479. The van der Waals surface area contributed by atoms with Crippen molar-refractivity contribution in [1.29, 1.82) is 0 Å². The number of hydrogen-bond acceptors (Lipinski definition) is 4. The average Bonchev–Trinajstić information content (AvgIpc) is 3.09. The van der Waals surface area contributed by atoms with E-state index in [1.54, 1.807) is 43.1 Å². The first-order valence-corrected chi connectivity index (χ1v) is 17.2. The maximum absolute atomic E-state index is 15.2. The second-order valence-electron chi connectivity index (χ2n) is 11.3. The lowest BCUT2D eigenvalue weighted by Gasteiger charge is -2.32. The van der Waals surface area contributed by atoms with E-state index in [-0.39, 0.29) is 17.4 Å². The molecule has 0 aliphatic rings. The Morgan fingerprint density at radius 3 is 2.02 bits per heavy atom. The van der Waals surface area contributed by atoms with Crippen molar-refractivity contribution in [2.45, 2.75) is 30.2 Å². The number of rotatable bonds is 13. The minimum atomic E-state index is -4.41. The molecule has 0 fully saturated rings. The van der Waals surface area contributed by atoms with E-state index in [2.05, 4.69) is 0 Å². The van der Waals surface area contributed by atoms with Crippen LogP contribution >= 0.6 is 11.6 Å². The summed E-state index contributed by atoms with van der Waals surface area (Å²) in [6, 6.07) is 33.2. The first-order valence-electron chi connectivity index (χ1n) is 15.4. The van der Waals surface area contributed by atoms with Gasteiger partial charge in [0, 0.05) is 30.2 Å². The van der Waals surface area contributed by atoms with Crippen LogP contribution in [0.5, 0.6) is 5.75 Å². The van der Waals surface area contributed by atoms with Crippen molar-refractivity contribution in [2.75, 3.05) is 24.5 Å². The van der Waals surface area contributed by atoms with Gasteiger partial charge in [-0.1, -0.05) is 90.5 Å². The molecule has 0 N–H and O–H groups in total. The molecule has 5 aromatic rings. The molecule has 0 bridgehead atoms. The number of benzene rings is 5. The predicted molar refractivity (Wildman–Crippen MR) is 185 cm³/mol. The third kappa shape index (κ3) is 7.86. The Balaban J connectivity index is 1.35. The minimum absolute atomic E-state index is 0.0541. The third-order valence-electron chi connectivity index (χ3n) is 8.02. The normalized spacial score (nSPS) is 12.0. The Morgan fingerprint density at radius 1 is 0.812 bits per heavy atom. The smallest absolute Gasteiger partial charge is 0.264 e. The van der Waals surface area contributed by atoms with Gasteiger partial charge < -0.3 is 9.64 Å². The highest BCUT2D eigenvalue weighted by Crippen LogP contribution is 2.38. The number of nitrogens with zero attached hydrogens (tertiary/aromatic N) is 2. The molecule has 10 heteroatoms.